The van der Waals surface area contributed by atoms with Crippen molar-refractivity contribution < 1.29 is 9.53 Å². The molecule has 0 saturated heterocycles. The van der Waals surface area contributed by atoms with E-state index in [2.05, 4.69) is 31.1 Å². The highest BCUT2D eigenvalue weighted by Crippen LogP contribution is 2.32. The van der Waals surface area contributed by atoms with Gasteiger partial charge in [0.1, 0.15) is 17.4 Å². The van der Waals surface area contributed by atoms with Gasteiger partial charge in [0, 0.05) is 44.4 Å². The summed E-state index contributed by atoms with van der Waals surface area (Å²) in [6.45, 7) is 10.2. The monoisotopic (exact) mass is 507 g/mol. The average Bonchev–Trinajstić information content (AvgIpc) is 3.26. The van der Waals surface area contributed by atoms with E-state index in [1.807, 2.05) is 55.7 Å². The van der Waals surface area contributed by atoms with Gasteiger partial charge in [-0.05, 0) is 58.6 Å². The Morgan fingerprint density at radius 3 is 2.68 bits per heavy atom. The molecule has 4 rings (SSSR count). The van der Waals surface area contributed by atoms with Crippen LogP contribution >= 0.6 is 0 Å². The summed E-state index contributed by atoms with van der Waals surface area (Å²) in [5.74, 6) is 2.34. The number of hydrogen-bond acceptors (Lipinski definition) is 7. The van der Waals surface area contributed by atoms with E-state index in [0.29, 0.717) is 30.9 Å². The quantitative estimate of drug-likeness (QED) is 0.539. The highest BCUT2D eigenvalue weighted by molar-refractivity contribution is 5.97. The van der Waals surface area contributed by atoms with E-state index < -0.39 is 0 Å². The summed E-state index contributed by atoms with van der Waals surface area (Å²) in [6, 6.07) is 9.28. The Morgan fingerprint density at radius 2 is 1.95 bits per heavy atom. The van der Waals surface area contributed by atoms with Crippen molar-refractivity contribution in [2.24, 2.45) is 5.73 Å². The predicted molar refractivity (Wildman–Crippen MR) is 149 cm³/mol. The third-order valence-corrected chi connectivity index (χ3v) is 6.93. The van der Waals surface area contributed by atoms with Gasteiger partial charge in [0.05, 0.1) is 23.9 Å². The maximum absolute atomic E-state index is 13.6. The van der Waals surface area contributed by atoms with Gasteiger partial charge in [-0.1, -0.05) is 19.1 Å². The zero-order valence-corrected chi connectivity index (χ0v) is 23.0. The van der Waals surface area contributed by atoms with Crippen LogP contribution in [0.15, 0.2) is 30.3 Å². The second-order valence-electron chi connectivity index (χ2n) is 10.8. The molecule has 0 saturated carbocycles. The first-order valence-corrected chi connectivity index (χ1v) is 13.2. The molecular weight excluding hydrogens is 466 g/mol. The highest BCUT2D eigenvalue weighted by atomic mass is 16.5. The first-order chi connectivity index (χ1) is 17.6. The molecule has 2 bridgehead atoms. The number of carbonyl (C=O) groups excluding carboxylic acids is 1. The Balaban J connectivity index is 1.82. The second kappa shape index (κ2) is 11.0. The first kappa shape index (κ1) is 26.7. The van der Waals surface area contributed by atoms with Crippen LogP contribution in [-0.2, 0) is 0 Å². The molecule has 3 N–H and O–H groups in total. The molecule has 0 spiro atoms. The van der Waals surface area contributed by atoms with Crippen molar-refractivity contribution in [3.63, 3.8) is 0 Å². The van der Waals surface area contributed by atoms with Gasteiger partial charge in [0.15, 0.2) is 5.65 Å². The van der Waals surface area contributed by atoms with Crippen LogP contribution in [0.5, 0.6) is 5.75 Å². The summed E-state index contributed by atoms with van der Waals surface area (Å²) >= 11 is 0. The van der Waals surface area contributed by atoms with Crippen LogP contribution < -0.4 is 20.7 Å². The Kier molecular flexibility index (Phi) is 7.92. The second-order valence-corrected chi connectivity index (χ2v) is 10.8. The Bertz CT molecular complexity index is 1250. The average molecular weight is 508 g/mol. The number of nitrogens with one attached hydrogen (secondary N) is 1. The summed E-state index contributed by atoms with van der Waals surface area (Å²) in [7, 11) is 3.94. The molecule has 9 heteroatoms. The standard InChI is InChI=1S/C28H41N7O2/c1-7-22-21-17-24-31-25(30-18-28(3,4)29)19(2)26(35(24)32-21)33(5)15-11-8-12-16-37-23-14-10-9-13-20(23)27(36)34(22)6/h9-10,13-14,17,22H,7-8,11-12,15-16,18,29H2,1-6H3,(H,30,31). The van der Waals surface area contributed by atoms with Gasteiger partial charge in [0.2, 0.25) is 0 Å². The molecule has 0 fully saturated rings. The summed E-state index contributed by atoms with van der Waals surface area (Å²) in [5, 5.41) is 8.47. The number of amides is 1. The van der Waals surface area contributed by atoms with E-state index >= 15 is 0 Å². The lowest BCUT2D eigenvalue weighted by atomic mass is 10.1. The molecule has 1 aliphatic rings. The summed E-state index contributed by atoms with van der Waals surface area (Å²) in [6.07, 6.45) is 3.66. The molecule has 1 amide bonds. The maximum Gasteiger partial charge on any atom is 0.257 e. The predicted octanol–water partition coefficient (Wildman–Crippen LogP) is 4.41. The van der Waals surface area contributed by atoms with E-state index in [1.165, 1.54) is 0 Å². The van der Waals surface area contributed by atoms with Crippen LogP contribution in [-0.4, -0.2) is 64.7 Å². The van der Waals surface area contributed by atoms with Crippen molar-refractivity contribution in [2.75, 3.05) is 44.0 Å². The van der Waals surface area contributed by atoms with Crippen molar-refractivity contribution in [3.05, 3.63) is 47.2 Å². The minimum Gasteiger partial charge on any atom is -0.493 e. The largest absolute Gasteiger partial charge is 0.493 e. The van der Waals surface area contributed by atoms with Crippen LogP contribution in [0.1, 0.15) is 74.1 Å². The van der Waals surface area contributed by atoms with Gasteiger partial charge in [0.25, 0.3) is 5.91 Å². The molecule has 9 nitrogen and oxygen atoms in total. The molecule has 2 aromatic heterocycles. The fraction of sp³-hybridized carbons (Fsp3) is 0.536. The summed E-state index contributed by atoms with van der Waals surface area (Å²) in [5.41, 5.74) is 9.01. The molecule has 1 aromatic carbocycles. The van der Waals surface area contributed by atoms with Crippen molar-refractivity contribution in [1.29, 1.82) is 0 Å². The SMILES string of the molecule is CCC1c2cc3nc(NCC(C)(C)N)c(C)c(n3n2)N(C)CCCCCOc2ccccc2C(=O)N1C. The number of fused-ring (bicyclic) bond motifs is 2. The molecule has 0 radical (unpaired) electrons. The minimum atomic E-state index is -0.376. The van der Waals surface area contributed by atoms with Gasteiger partial charge in [-0.2, -0.15) is 9.61 Å². The lowest BCUT2D eigenvalue weighted by molar-refractivity contribution is 0.0718. The molecule has 0 aliphatic carbocycles. The number of anilines is 2. The minimum absolute atomic E-state index is 0.0828. The lowest BCUT2D eigenvalue weighted by Crippen LogP contribution is -2.40. The van der Waals surface area contributed by atoms with Gasteiger partial charge in [-0.25, -0.2) is 4.98 Å². The molecule has 200 valence electrons. The number of carbonyl (C=O) groups is 1. The Labute approximate surface area is 220 Å². The summed E-state index contributed by atoms with van der Waals surface area (Å²) in [4.78, 5) is 22.6. The van der Waals surface area contributed by atoms with E-state index in [9.17, 15) is 4.79 Å². The highest BCUT2D eigenvalue weighted by Gasteiger charge is 2.27. The van der Waals surface area contributed by atoms with E-state index in [1.54, 1.807) is 4.90 Å². The van der Waals surface area contributed by atoms with Gasteiger partial charge < -0.3 is 25.6 Å². The molecule has 37 heavy (non-hydrogen) atoms. The van der Waals surface area contributed by atoms with Gasteiger partial charge >= 0.3 is 0 Å². The number of benzene rings is 1. The fourth-order valence-corrected chi connectivity index (χ4v) is 4.88. The number of rotatable bonds is 4. The van der Waals surface area contributed by atoms with Crippen molar-refractivity contribution >= 4 is 23.2 Å². The number of ether oxygens (including phenoxy) is 1. The van der Waals surface area contributed by atoms with Crippen molar-refractivity contribution in [1.82, 2.24) is 19.5 Å². The van der Waals surface area contributed by atoms with Crippen LogP contribution in [0.2, 0.25) is 0 Å². The number of aromatic nitrogens is 3. The number of para-hydroxylation sites is 1. The number of nitrogens with zero attached hydrogens (tertiary/aromatic N) is 5. The molecule has 3 heterocycles. The molecule has 3 aromatic rings. The Hall–Kier alpha value is -3.33. The smallest absolute Gasteiger partial charge is 0.257 e. The van der Waals surface area contributed by atoms with E-state index in [-0.39, 0.29) is 17.5 Å². The maximum atomic E-state index is 13.6. The van der Waals surface area contributed by atoms with Crippen LogP contribution in [0.4, 0.5) is 11.6 Å². The zero-order valence-electron chi connectivity index (χ0n) is 23.0. The molecular formula is C28H41N7O2. The number of hydrogen-bond donors (Lipinski definition) is 2. The van der Waals surface area contributed by atoms with Gasteiger partial charge in [-0.15, -0.1) is 0 Å². The van der Waals surface area contributed by atoms with Crippen LogP contribution in [0, 0.1) is 6.92 Å². The molecule has 1 aliphatic heterocycles. The Morgan fingerprint density at radius 1 is 1.19 bits per heavy atom. The molecule has 1 atom stereocenters. The lowest BCUT2D eigenvalue weighted by Gasteiger charge is -2.27. The van der Waals surface area contributed by atoms with Crippen molar-refractivity contribution in [3.8, 4) is 5.75 Å². The van der Waals surface area contributed by atoms with E-state index in [0.717, 1.165) is 54.3 Å². The fourth-order valence-electron chi connectivity index (χ4n) is 4.88. The topological polar surface area (TPSA) is 101 Å². The van der Waals surface area contributed by atoms with E-state index in [4.69, 9.17) is 20.6 Å². The van der Waals surface area contributed by atoms with Crippen LogP contribution in [0.25, 0.3) is 5.65 Å². The summed E-state index contributed by atoms with van der Waals surface area (Å²) < 4.78 is 7.99. The zero-order chi connectivity index (χ0) is 26.7. The third-order valence-electron chi connectivity index (χ3n) is 6.93. The van der Waals surface area contributed by atoms with Crippen LogP contribution in [0.3, 0.4) is 0 Å². The third kappa shape index (κ3) is 5.82. The van der Waals surface area contributed by atoms with Crippen molar-refractivity contribution in [2.45, 2.75) is 65.0 Å². The van der Waals surface area contributed by atoms with Gasteiger partial charge in [-0.3, -0.25) is 4.79 Å². The normalized spacial score (nSPS) is 17.7. The molecule has 1 unspecified atom stereocenters. The first-order valence-electron chi connectivity index (χ1n) is 13.2. The number of nitrogens with two attached hydrogens (primary N) is 1.